The molecule has 1 amide bonds. The molecule has 1 N–H and O–H groups in total. The summed E-state index contributed by atoms with van der Waals surface area (Å²) in [7, 11) is 0. The molecule has 0 aliphatic carbocycles. The van der Waals surface area contributed by atoms with Crippen LogP contribution in [-0.4, -0.2) is 47.3 Å². The second-order valence-corrected chi connectivity index (χ2v) is 5.26. The van der Waals surface area contributed by atoms with E-state index in [0.29, 0.717) is 24.4 Å². The largest absolute Gasteiger partial charge is 0.469 e. The highest BCUT2D eigenvalue weighted by atomic mass is 16.5. The predicted octanol–water partition coefficient (Wildman–Crippen LogP) is 1.20. The maximum absolute atomic E-state index is 12.4. The summed E-state index contributed by atoms with van der Waals surface area (Å²) in [4.78, 5) is 14.1. The van der Waals surface area contributed by atoms with Crippen LogP contribution < -0.4 is 0 Å². The summed E-state index contributed by atoms with van der Waals surface area (Å²) in [5.41, 5.74) is 0.128. The van der Waals surface area contributed by atoms with Crippen LogP contribution in [0.1, 0.15) is 30.0 Å². The van der Waals surface area contributed by atoms with Gasteiger partial charge in [0, 0.05) is 13.1 Å². The first-order valence-electron chi connectivity index (χ1n) is 6.05. The number of aryl methyl sites for hydroxylation is 1. The smallest absolute Gasteiger partial charge is 0.257 e. The molecule has 18 heavy (non-hydrogen) atoms. The van der Waals surface area contributed by atoms with Gasteiger partial charge in [0.1, 0.15) is 5.76 Å². The standard InChI is InChI=1S/C13H19NO4/c1-9-11(4-5-17-9)12(16)14-6-10(7-15)18-13(2,3)8-14/h4-5,10,15H,6-8H2,1-3H3. The van der Waals surface area contributed by atoms with Crippen LogP contribution in [0.3, 0.4) is 0 Å². The van der Waals surface area contributed by atoms with Gasteiger partial charge in [-0.3, -0.25) is 4.79 Å². The van der Waals surface area contributed by atoms with Gasteiger partial charge in [-0.15, -0.1) is 0 Å². The SMILES string of the molecule is Cc1occc1C(=O)N1CC(CO)OC(C)(C)C1. The predicted molar refractivity (Wildman–Crippen MR) is 65.4 cm³/mol. The Labute approximate surface area is 106 Å². The topological polar surface area (TPSA) is 62.9 Å². The Morgan fingerprint density at radius 3 is 2.89 bits per heavy atom. The van der Waals surface area contributed by atoms with Crippen LogP contribution >= 0.6 is 0 Å². The van der Waals surface area contributed by atoms with Crippen molar-refractivity contribution < 1.29 is 19.1 Å². The molecule has 0 aromatic carbocycles. The van der Waals surface area contributed by atoms with Gasteiger partial charge in [-0.1, -0.05) is 0 Å². The lowest BCUT2D eigenvalue weighted by Gasteiger charge is -2.42. The van der Waals surface area contributed by atoms with E-state index in [1.54, 1.807) is 17.9 Å². The Morgan fingerprint density at radius 2 is 2.33 bits per heavy atom. The molecule has 1 unspecified atom stereocenters. The normalized spacial score (nSPS) is 23.1. The van der Waals surface area contributed by atoms with E-state index in [4.69, 9.17) is 9.15 Å². The second-order valence-electron chi connectivity index (χ2n) is 5.26. The monoisotopic (exact) mass is 253 g/mol. The molecule has 1 aliphatic rings. The van der Waals surface area contributed by atoms with Gasteiger partial charge >= 0.3 is 0 Å². The Morgan fingerprint density at radius 1 is 1.61 bits per heavy atom. The number of hydrogen-bond donors (Lipinski definition) is 1. The molecule has 0 saturated carbocycles. The second kappa shape index (κ2) is 4.74. The van der Waals surface area contributed by atoms with Gasteiger partial charge in [0.05, 0.1) is 30.1 Å². The number of hydrogen-bond acceptors (Lipinski definition) is 4. The number of rotatable bonds is 2. The lowest BCUT2D eigenvalue weighted by atomic mass is 10.0. The average Bonchev–Trinajstić information content (AvgIpc) is 2.72. The minimum absolute atomic E-state index is 0.0731. The fraction of sp³-hybridized carbons (Fsp3) is 0.615. The maximum atomic E-state index is 12.4. The average molecular weight is 253 g/mol. The number of ether oxygens (including phenoxy) is 1. The van der Waals surface area contributed by atoms with Crippen molar-refractivity contribution in [2.45, 2.75) is 32.5 Å². The minimum atomic E-state index is -0.445. The molecule has 2 rings (SSSR count). The molecule has 0 radical (unpaired) electrons. The van der Waals surface area contributed by atoms with E-state index in [0.717, 1.165) is 0 Å². The number of amides is 1. The van der Waals surface area contributed by atoms with Gasteiger partial charge in [-0.2, -0.15) is 0 Å². The summed E-state index contributed by atoms with van der Waals surface area (Å²) in [5.74, 6) is 0.543. The van der Waals surface area contributed by atoms with Gasteiger partial charge in [0.15, 0.2) is 0 Å². The zero-order chi connectivity index (χ0) is 13.3. The maximum Gasteiger partial charge on any atom is 0.257 e. The molecule has 5 nitrogen and oxygen atoms in total. The molecule has 1 aromatic rings. The van der Waals surface area contributed by atoms with Crippen molar-refractivity contribution in [1.29, 1.82) is 0 Å². The van der Waals surface area contributed by atoms with Gasteiger partial charge < -0.3 is 19.2 Å². The van der Waals surface area contributed by atoms with Crippen LogP contribution in [0.25, 0.3) is 0 Å². The number of morpholine rings is 1. The van der Waals surface area contributed by atoms with Crippen molar-refractivity contribution in [2.75, 3.05) is 19.7 Å². The van der Waals surface area contributed by atoms with Gasteiger partial charge in [0.2, 0.25) is 0 Å². The van der Waals surface area contributed by atoms with Gasteiger partial charge in [-0.25, -0.2) is 0 Å². The van der Waals surface area contributed by atoms with E-state index >= 15 is 0 Å². The summed E-state index contributed by atoms with van der Waals surface area (Å²) in [6.07, 6.45) is 1.18. The molecule has 0 bridgehead atoms. The number of aliphatic hydroxyl groups is 1. The van der Waals surface area contributed by atoms with Crippen LogP contribution in [0.4, 0.5) is 0 Å². The van der Waals surface area contributed by atoms with Gasteiger partial charge in [-0.05, 0) is 26.8 Å². The van der Waals surface area contributed by atoms with Crippen molar-refractivity contribution in [3.8, 4) is 0 Å². The number of furan rings is 1. The van der Waals surface area contributed by atoms with E-state index < -0.39 is 5.60 Å². The van der Waals surface area contributed by atoms with Gasteiger partial charge in [0.25, 0.3) is 5.91 Å². The zero-order valence-electron chi connectivity index (χ0n) is 11.0. The molecule has 100 valence electrons. The summed E-state index contributed by atoms with van der Waals surface area (Å²) >= 11 is 0. The van der Waals surface area contributed by atoms with Crippen molar-refractivity contribution >= 4 is 5.91 Å². The van der Waals surface area contributed by atoms with E-state index in [1.807, 2.05) is 13.8 Å². The molecule has 1 aromatic heterocycles. The first kappa shape index (κ1) is 13.1. The third-order valence-corrected chi connectivity index (χ3v) is 3.06. The van der Waals surface area contributed by atoms with E-state index in [1.165, 1.54) is 6.26 Å². The molecule has 1 saturated heterocycles. The van der Waals surface area contributed by atoms with Crippen molar-refractivity contribution in [3.63, 3.8) is 0 Å². The third-order valence-electron chi connectivity index (χ3n) is 3.06. The highest BCUT2D eigenvalue weighted by molar-refractivity contribution is 5.95. The summed E-state index contributed by atoms with van der Waals surface area (Å²) in [6, 6.07) is 1.67. The first-order chi connectivity index (χ1) is 8.43. The molecular weight excluding hydrogens is 234 g/mol. The minimum Gasteiger partial charge on any atom is -0.469 e. The Hall–Kier alpha value is -1.33. The van der Waals surface area contributed by atoms with E-state index in [-0.39, 0.29) is 18.6 Å². The van der Waals surface area contributed by atoms with Crippen LogP contribution in [0.15, 0.2) is 16.7 Å². The fourth-order valence-electron chi connectivity index (χ4n) is 2.32. The van der Waals surface area contributed by atoms with Crippen LogP contribution in [0.2, 0.25) is 0 Å². The number of aliphatic hydroxyl groups excluding tert-OH is 1. The highest BCUT2D eigenvalue weighted by Crippen LogP contribution is 2.23. The summed E-state index contributed by atoms with van der Waals surface area (Å²) < 4.78 is 10.8. The van der Waals surface area contributed by atoms with Crippen LogP contribution in [0, 0.1) is 6.92 Å². The first-order valence-corrected chi connectivity index (χ1v) is 6.05. The molecule has 5 heteroatoms. The summed E-state index contributed by atoms with van der Waals surface area (Å²) in [5, 5.41) is 9.23. The van der Waals surface area contributed by atoms with Crippen molar-refractivity contribution in [1.82, 2.24) is 4.90 Å². The quantitative estimate of drug-likeness (QED) is 0.860. The Kier molecular flexibility index (Phi) is 3.45. The zero-order valence-corrected chi connectivity index (χ0v) is 11.0. The molecule has 1 atom stereocenters. The number of carbonyl (C=O) groups is 1. The molecule has 2 heterocycles. The lowest BCUT2D eigenvalue weighted by molar-refractivity contribution is -0.139. The van der Waals surface area contributed by atoms with Crippen molar-refractivity contribution in [3.05, 3.63) is 23.7 Å². The van der Waals surface area contributed by atoms with E-state index in [9.17, 15) is 9.90 Å². The van der Waals surface area contributed by atoms with Crippen molar-refractivity contribution in [2.24, 2.45) is 0 Å². The Bertz CT molecular complexity index is 438. The highest BCUT2D eigenvalue weighted by Gasteiger charge is 2.36. The number of nitrogens with zero attached hydrogens (tertiary/aromatic N) is 1. The Balaban J connectivity index is 2.17. The molecule has 1 aliphatic heterocycles. The van der Waals surface area contributed by atoms with Crippen LogP contribution in [0.5, 0.6) is 0 Å². The summed E-state index contributed by atoms with van der Waals surface area (Å²) in [6.45, 7) is 6.42. The molecule has 1 fully saturated rings. The lowest BCUT2D eigenvalue weighted by Crippen LogP contribution is -2.55. The molecular formula is C13H19NO4. The van der Waals surface area contributed by atoms with Crippen LogP contribution in [-0.2, 0) is 4.74 Å². The fourth-order valence-corrected chi connectivity index (χ4v) is 2.32. The van der Waals surface area contributed by atoms with E-state index in [2.05, 4.69) is 0 Å². The molecule has 0 spiro atoms. The number of carbonyl (C=O) groups excluding carboxylic acids is 1. The third kappa shape index (κ3) is 2.57.